The topological polar surface area (TPSA) is 74.8 Å². The Morgan fingerprint density at radius 2 is 1.71 bits per heavy atom. The Kier molecular flexibility index (Phi) is 7.92. The average molecular weight is 431 g/mol. The number of pyridine rings is 1. The fourth-order valence-electron chi connectivity index (χ4n) is 4.69. The molecule has 0 aliphatic carbocycles. The van der Waals surface area contributed by atoms with Crippen molar-refractivity contribution in [2.45, 2.75) is 64.5 Å². The van der Waals surface area contributed by atoms with E-state index >= 15 is 0 Å². The second kappa shape index (κ2) is 10.4. The van der Waals surface area contributed by atoms with Gasteiger partial charge in [-0.05, 0) is 90.6 Å². The van der Waals surface area contributed by atoms with Crippen LogP contribution in [0.15, 0.2) is 24.4 Å². The molecule has 31 heavy (non-hydrogen) atoms. The number of nitrogens with zero attached hydrogens (tertiary/aromatic N) is 3. The molecule has 2 amide bonds. The molecule has 7 heteroatoms. The van der Waals surface area contributed by atoms with E-state index in [4.69, 9.17) is 4.74 Å². The predicted octanol–water partition coefficient (Wildman–Crippen LogP) is 3.10. The Bertz CT molecular complexity index is 718. The predicted molar refractivity (Wildman–Crippen MR) is 121 cm³/mol. The number of aromatic nitrogens is 1. The summed E-state index contributed by atoms with van der Waals surface area (Å²) in [6.45, 7) is 9.31. The lowest BCUT2D eigenvalue weighted by Crippen LogP contribution is -2.53. The maximum atomic E-state index is 13.4. The van der Waals surface area contributed by atoms with Crippen molar-refractivity contribution < 1.29 is 14.3 Å². The van der Waals surface area contributed by atoms with E-state index in [2.05, 4.69) is 22.2 Å². The van der Waals surface area contributed by atoms with Gasteiger partial charge in [-0.1, -0.05) is 6.07 Å². The summed E-state index contributed by atoms with van der Waals surface area (Å²) in [5, 5.41) is 2.80. The van der Waals surface area contributed by atoms with Gasteiger partial charge in [0.2, 0.25) is 5.91 Å². The maximum Gasteiger partial charge on any atom is 0.408 e. The quantitative estimate of drug-likeness (QED) is 0.777. The van der Waals surface area contributed by atoms with Crippen molar-refractivity contribution in [3.63, 3.8) is 0 Å². The van der Waals surface area contributed by atoms with E-state index in [0.717, 1.165) is 37.5 Å². The molecule has 2 saturated heterocycles. The minimum absolute atomic E-state index is 0.0432. The van der Waals surface area contributed by atoms with Crippen LogP contribution in [0, 0.1) is 11.8 Å². The molecule has 0 bridgehead atoms. The van der Waals surface area contributed by atoms with Crippen molar-refractivity contribution in [2.24, 2.45) is 11.8 Å². The lowest BCUT2D eigenvalue weighted by molar-refractivity contribution is -0.135. The number of hydrogen-bond acceptors (Lipinski definition) is 5. The number of piperidine rings is 2. The Morgan fingerprint density at radius 3 is 2.26 bits per heavy atom. The van der Waals surface area contributed by atoms with Crippen LogP contribution < -0.4 is 5.32 Å². The Hall–Kier alpha value is -2.15. The number of nitrogens with one attached hydrogen (secondary N) is 1. The van der Waals surface area contributed by atoms with Gasteiger partial charge in [-0.2, -0.15) is 0 Å². The molecule has 2 aliphatic heterocycles. The molecule has 7 nitrogen and oxygen atoms in total. The number of alkyl carbamates (subject to hydrolysis) is 1. The Labute approximate surface area is 186 Å². The second-order valence-corrected chi connectivity index (χ2v) is 10.0. The summed E-state index contributed by atoms with van der Waals surface area (Å²) in [6.07, 6.45) is 6.11. The molecule has 2 fully saturated rings. The smallest absolute Gasteiger partial charge is 0.408 e. The first-order chi connectivity index (χ1) is 14.7. The fourth-order valence-corrected chi connectivity index (χ4v) is 4.69. The van der Waals surface area contributed by atoms with Gasteiger partial charge >= 0.3 is 6.09 Å². The van der Waals surface area contributed by atoms with Gasteiger partial charge < -0.3 is 19.9 Å². The summed E-state index contributed by atoms with van der Waals surface area (Å²) >= 11 is 0. The van der Waals surface area contributed by atoms with E-state index in [1.807, 2.05) is 43.9 Å². The van der Waals surface area contributed by atoms with Gasteiger partial charge in [0.25, 0.3) is 0 Å². The van der Waals surface area contributed by atoms with Crippen molar-refractivity contribution in [3.05, 3.63) is 30.1 Å². The van der Waals surface area contributed by atoms with Gasteiger partial charge in [0, 0.05) is 31.4 Å². The highest BCUT2D eigenvalue weighted by Crippen LogP contribution is 2.32. The first kappa shape index (κ1) is 23.5. The third-order valence-corrected chi connectivity index (χ3v) is 6.41. The van der Waals surface area contributed by atoms with Crippen molar-refractivity contribution in [1.82, 2.24) is 20.1 Å². The van der Waals surface area contributed by atoms with Gasteiger partial charge in [-0.15, -0.1) is 0 Å². The second-order valence-electron chi connectivity index (χ2n) is 10.0. The first-order valence-corrected chi connectivity index (χ1v) is 11.6. The molecule has 0 saturated carbocycles. The maximum absolute atomic E-state index is 13.4. The number of amides is 2. The number of likely N-dealkylation sites (tertiary alicyclic amines) is 2. The van der Waals surface area contributed by atoms with Gasteiger partial charge in [0.15, 0.2) is 0 Å². The highest BCUT2D eigenvalue weighted by molar-refractivity contribution is 5.86. The summed E-state index contributed by atoms with van der Waals surface area (Å²) < 4.78 is 5.40. The lowest BCUT2D eigenvalue weighted by Gasteiger charge is -2.40. The normalized spacial score (nSPS) is 20.3. The fraction of sp³-hybridized carbons (Fsp3) is 0.708. The van der Waals surface area contributed by atoms with Crippen LogP contribution in [0.4, 0.5) is 4.79 Å². The molecule has 2 aliphatic rings. The van der Waals surface area contributed by atoms with Crippen LogP contribution in [0.25, 0.3) is 0 Å². The van der Waals surface area contributed by atoms with E-state index in [9.17, 15) is 9.59 Å². The third kappa shape index (κ3) is 7.20. The number of carbonyl (C=O) groups excluding carboxylic acids is 2. The molecule has 0 radical (unpaired) electrons. The summed E-state index contributed by atoms with van der Waals surface area (Å²) in [7, 11) is 2.19. The Balaban J connectivity index is 1.60. The highest BCUT2D eigenvalue weighted by atomic mass is 16.6. The average Bonchev–Trinajstić information content (AvgIpc) is 2.73. The van der Waals surface area contributed by atoms with Gasteiger partial charge in [-0.3, -0.25) is 9.78 Å². The molecule has 172 valence electrons. The van der Waals surface area contributed by atoms with Crippen LogP contribution in [0.3, 0.4) is 0 Å². The van der Waals surface area contributed by atoms with Crippen LogP contribution >= 0.6 is 0 Å². The number of carbonyl (C=O) groups is 2. The van der Waals surface area contributed by atoms with E-state index in [-0.39, 0.29) is 5.91 Å². The Morgan fingerprint density at radius 1 is 1.10 bits per heavy atom. The van der Waals surface area contributed by atoms with Crippen LogP contribution in [-0.4, -0.2) is 71.7 Å². The van der Waals surface area contributed by atoms with Crippen molar-refractivity contribution >= 4 is 12.0 Å². The number of rotatable bonds is 5. The molecule has 0 aromatic carbocycles. The zero-order valence-corrected chi connectivity index (χ0v) is 19.5. The monoisotopic (exact) mass is 430 g/mol. The third-order valence-electron chi connectivity index (χ3n) is 6.41. The molecule has 1 aromatic heterocycles. The van der Waals surface area contributed by atoms with Crippen molar-refractivity contribution in [2.75, 3.05) is 33.2 Å². The number of ether oxygens (including phenoxy) is 1. The molecular formula is C24H38N4O3. The molecule has 1 N–H and O–H groups in total. The van der Waals surface area contributed by atoms with E-state index in [1.54, 1.807) is 6.20 Å². The van der Waals surface area contributed by atoms with Crippen molar-refractivity contribution in [1.29, 1.82) is 0 Å². The van der Waals surface area contributed by atoms with Crippen LogP contribution in [0.5, 0.6) is 0 Å². The zero-order chi connectivity index (χ0) is 22.4. The van der Waals surface area contributed by atoms with Gasteiger partial charge in [0.1, 0.15) is 11.6 Å². The SMILES string of the molecule is CN1CCC(C2CCN(C(=O)C(Cc3ccccn3)NC(=O)OC(C)(C)C)CC2)CC1. The molecular weight excluding hydrogens is 392 g/mol. The summed E-state index contributed by atoms with van der Waals surface area (Å²) in [4.78, 5) is 34.4. The largest absolute Gasteiger partial charge is 0.444 e. The summed E-state index contributed by atoms with van der Waals surface area (Å²) in [5.41, 5.74) is 0.160. The lowest BCUT2D eigenvalue weighted by atomic mass is 9.79. The van der Waals surface area contributed by atoms with E-state index in [0.29, 0.717) is 12.3 Å². The van der Waals surface area contributed by atoms with Crippen molar-refractivity contribution in [3.8, 4) is 0 Å². The van der Waals surface area contributed by atoms with Crippen LogP contribution in [-0.2, 0) is 16.0 Å². The minimum Gasteiger partial charge on any atom is -0.444 e. The van der Waals surface area contributed by atoms with Crippen LogP contribution in [0.2, 0.25) is 0 Å². The summed E-state index contributed by atoms with van der Waals surface area (Å²) in [5.74, 6) is 1.43. The van der Waals surface area contributed by atoms with Gasteiger partial charge in [0.05, 0.1) is 0 Å². The molecule has 1 atom stereocenters. The summed E-state index contributed by atoms with van der Waals surface area (Å²) in [6, 6.07) is 4.94. The van der Waals surface area contributed by atoms with E-state index in [1.165, 1.54) is 25.9 Å². The van der Waals surface area contributed by atoms with Gasteiger partial charge in [-0.25, -0.2) is 4.79 Å². The minimum atomic E-state index is -0.676. The molecule has 3 rings (SSSR count). The standard InChI is InChI=1S/C24H38N4O3/c1-24(2,3)31-23(30)26-21(17-20-7-5-6-12-25-20)22(29)28-15-10-19(11-16-28)18-8-13-27(4)14-9-18/h5-7,12,18-19,21H,8-11,13-17H2,1-4H3,(H,26,30). The molecule has 1 aromatic rings. The number of hydrogen-bond donors (Lipinski definition) is 1. The molecule has 3 heterocycles. The first-order valence-electron chi connectivity index (χ1n) is 11.6. The zero-order valence-electron chi connectivity index (χ0n) is 19.5. The van der Waals surface area contributed by atoms with Crippen LogP contribution in [0.1, 0.15) is 52.1 Å². The highest BCUT2D eigenvalue weighted by Gasteiger charge is 2.34. The molecule has 0 spiro atoms. The molecule has 1 unspecified atom stereocenters. The van der Waals surface area contributed by atoms with E-state index < -0.39 is 17.7 Å².